The molecule has 1 aliphatic heterocycles. The van der Waals surface area contributed by atoms with E-state index >= 15 is 0 Å². The number of phenols is 1. The normalized spacial score (nSPS) is 16.3. The van der Waals surface area contributed by atoms with Gasteiger partial charge in [-0.15, -0.1) is 0 Å². The third-order valence-electron chi connectivity index (χ3n) is 4.51. The molecule has 0 amide bonds. The number of carbonyl (C=O) groups is 1. The van der Waals surface area contributed by atoms with E-state index in [4.69, 9.17) is 4.74 Å². The van der Waals surface area contributed by atoms with Crippen LogP contribution in [0.25, 0.3) is 11.0 Å². The molecule has 6 heteroatoms. The highest BCUT2D eigenvalue weighted by atomic mass is 16.5. The first kappa shape index (κ1) is 16.2. The lowest BCUT2D eigenvalue weighted by atomic mass is 9.95. The molecule has 2 aromatic carbocycles. The first-order valence-electron chi connectivity index (χ1n) is 8.51. The Morgan fingerprint density at radius 2 is 2.08 bits per heavy atom. The minimum absolute atomic E-state index is 0.146. The topological polar surface area (TPSA) is 76.4 Å². The number of phenolic OH excluding ortho intramolecular Hbond substituents is 1. The van der Waals surface area contributed by atoms with Gasteiger partial charge >= 0.3 is 5.97 Å². The molecule has 4 rings (SSSR count). The Morgan fingerprint density at radius 3 is 2.85 bits per heavy atom. The zero-order valence-corrected chi connectivity index (χ0v) is 14.6. The lowest BCUT2D eigenvalue weighted by Gasteiger charge is -2.30. The van der Waals surface area contributed by atoms with Crippen LogP contribution in [-0.2, 0) is 9.53 Å². The van der Waals surface area contributed by atoms with Gasteiger partial charge in [0, 0.05) is 5.70 Å². The Hall–Kier alpha value is -3.28. The predicted molar refractivity (Wildman–Crippen MR) is 98.9 cm³/mol. The number of fused-ring (bicyclic) bond motifs is 3. The van der Waals surface area contributed by atoms with Crippen LogP contribution in [0.5, 0.6) is 5.75 Å². The maximum absolute atomic E-state index is 12.7. The van der Waals surface area contributed by atoms with Crippen molar-refractivity contribution in [3.63, 3.8) is 0 Å². The molecule has 2 N–H and O–H groups in total. The van der Waals surface area contributed by atoms with Gasteiger partial charge in [0.25, 0.3) is 0 Å². The van der Waals surface area contributed by atoms with Crippen LogP contribution >= 0.6 is 0 Å². The highest BCUT2D eigenvalue weighted by Crippen LogP contribution is 2.40. The first-order chi connectivity index (χ1) is 12.6. The number of hydrogen-bond donors (Lipinski definition) is 2. The van der Waals surface area contributed by atoms with E-state index in [2.05, 4.69) is 10.3 Å². The highest BCUT2D eigenvalue weighted by molar-refractivity contribution is 5.94. The van der Waals surface area contributed by atoms with Crippen molar-refractivity contribution in [3.05, 3.63) is 65.4 Å². The molecule has 1 unspecified atom stereocenters. The summed E-state index contributed by atoms with van der Waals surface area (Å²) >= 11 is 0. The van der Waals surface area contributed by atoms with Crippen LogP contribution in [0, 0.1) is 0 Å². The van der Waals surface area contributed by atoms with Gasteiger partial charge in [0.1, 0.15) is 5.75 Å². The van der Waals surface area contributed by atoms with E-state index in [0.717, 1.165) is 16.6 Å². The highest BCUT2D eigenvalue weighted by Gasteiger charge is 2.34. The Labute approximate surface area is 150 Å². The summed E-state index contributed by atoms with van der Waals surface area (Å²) in [5.41, 5.74) is 3.72. The second-order valence-electron chi connectivity index (χ2n) is 6.18. The van der Waals surface area contributed by atoms with E-state index in [0.29, 0.717) is 23.8 Å². The summed E-state index contributed by atoms with van der Waals surface area (Å²) in [5, 5.41) is 13.2. The van der Waals surface area contributed by atoms with Crippen molar-refractivity contribution < 1.29 is 14.6 Å². The number of ether oxygens (including phenoxy) is 1. The Balaban J connectivity index is 1.99. The smallest absolute Gasteiger partial charge is 0.338 e. The number of aromatic nitrogens is 2. The molecule has 1 aliphatic rings. The molecule has 0 radical (unpaired) electrons. The summed E-state index contributed by atoms with van der Waals surface area (Å²) in [5.74, 6) is 0.423. The number of para-hydroxylation sites is 2. The number of benzene rings is 2. The number of rotatable bonds is 3. The summed E-state index contributed by atoms with van der Waals surface area (Å²) in [4.78, 5) is 17.4. The van der Waals surface area contributed by atoms with E-state index < -0.39 is 6.04 Å². The Kier molecular flexibility index (Phi) is 3.88. The number of hydrogen-bond acceptors (Lipinski definition) is 5. The van der Waals surface area contributed by atoms with E-state index in [9.17, 15) is 9.90 Å². The largest absolute Gasteiger partial charge is 0.508 e. The van der Waals surface area contributed by atoms with Crippen molar-refractivity contribution in [2.45, 2.75) is 19.9 Å². The zero-order chi connectivity index (χ0) is 18.3. The van der Waals surface area contributed by atoms with Crippen molar-refractivity contribution in [2.24, 2.45) is 0 Å². The van der Waals surface area contributed by atoms with Crippen molar-refractivity contribution in [1.29, 1.82) is 0 Å². The third-order valence-corrected chi connectivity index (χ3v) is 4.51. The fourth-order valence-electron chi connectivity index (χ4n) is 3.45. The van der Waals surface area contributed by atoms with Gasteiger partial charge in [0.2, 0.25) is 5.95 Å². The molecule has 1 aromatic heterocycles. The number of aromatic hydroxyl groups is 1. The van der Waals surface area contributed by atoms with E-state index in [1.807, 2.05) is 41.8 Å². The molecule has 0 fully saturated rings. The Morgan fingerprint density at radius 1 is 1.27 bits per heavy atom. The van der Waals surface area contributed by atoms with Crippen LogP contribution in [0.15, 0.2) is 59.8 Å². The van der Waals surface area contributed by atoms with Crippen LogP contribution in [0.3, 0.4) is 0 Å². The average Bonchev–Trinajstić information content (AvgIpc) is 2.98. The predicted octanol–water partition coefficient (Wildman–Crippen LogP) is 3.59. The number of allylic oxidation sites excluding steroid dienone is 1. The summed E-state index contributed by atoms with van der Waals surface area (Å²) in [7, 11) is 0. The SMILES string of the molecule is CCOC(=O)C1=C(C)Nc2nc3ccccc3n2C1c1cccc(O)c1. The summed E-state index contributed by atoms with van der Waals surface area (Å²) in [6, 6.07) is 14.3. The monoisotopic (exact) mass is 349 g/mol. The summed E-state index contributed by atoms with van der Waals surface area (Å²) in [6.07, 6.45) is 0. The fourth-order valence-corrected chi connectivity index (χ4v) is 3.45. The van der Waals surface area contributed by atoms with Gasteiger partial charge < -0.3 is 15.2 Å². The lowest BCUT2D eigenvalue weighted by molar-refractivity contribution is -0.139. The molecule has 2 heterocycles. The zero-order valence-electron chi connectivity index (χ0n) is 14.6. The number of imidazole rings is 1. The molecular formula is C20H19N3O3. The molecular weight excluding hydrogens is 330 g/mol. The van der Waals surface area contributed by atoms with Gasteiger partial charge in [-0.25, -0.2) is 9.78 Å². The van der Waals surface area contributed by atoms with E-state index in [-0.39, 0.29) is 11.7 Å². The molecule has 0 saturated heterocycles. The van der Waals surface area contributed by atoms with Crippen LogP contribution in [0.2, 0.25) is 0 Å². The summed E-state index contributed by atoms with van der Waals surface area (Å²) in [6.45, 7) is 3.91. The van der Waals surface area contributed by atoms with E-state index in [1.165, 1.54) is 0 Å². The second-order valence-corrected chi connectivity index (χ2v) is 6.18. The quantitative estimate of drug-likeness (QED) is 0.707. The fraction of sp³-hybridized carbons (Fsp3) is 0.200. The van der Waals surface area contributed by atoms with Crippen LogP contribution < -0.4 is 5.32 Å². The first-order valence-corrected chi connectivity index (χ1v) is 8.51. The number of carbonyl (C=O) groups excluding carboxylic acids is 1. The lowest BCUT2D eigenvalue weighted by Crippen LogP contribution is -2.28. The molecule has 26 heavy (non-hydrogen) atoms. The van der Waals surface area contributed by atoms with Crippen LogP contribution in [0.1, 0.15) is 25.5 Å². The van der Waals surface area contributed by atoms with Crippen LogP contribution in [-0.4, -0.2) is 27.2 Å². The molecule has 1 atom stereocenters. The van der Waals surface area contributed by atoms with Gasteiger partial charge in [-0.1, -0.05) is 24.3 Å². The Bertz CT molecular complexity index is 1040. The molecule has 3 aromatic rings. The van der Waals surface area contributed by atoms with Crippen molar-refractivity contribution in [1.82, 2.24) is 9.55 Å². The molecule has 0 spiro atoms. The van der Waals surface area contributed by atoms with Gasteiger partial charge in [0.05, 0.1) is 29.3 Å². The van der Waals surface area contributed by atoms with Gasteiger partial charge in [-0.05, 0) is 43.7 Å². The molecule has 132 valence electrons. The van der Waals surface area contributed by atoms with Crippen LogP contribution in [0.4, 0.5) is 5.95 Å². The minimum Gasteiger partial charge on any atom is -0.508 e. The number of nitrogens with zero attached hydrogens (tertiary/aromatic N) is 2. The van der Waals surface area contributed by atoms with Gasteiger partial charge in [-0.3, -0.25) is 4.57 Å². The number of anilines is 1. The van der Waals surface area contributed by atoms with Crippen molar-refractivity contribution >= 4 is 23.0 Å². The average molecular weight is 349 g/mol. The standard InChI is InChI=1S/C20H19N3O3/c1-3-26-19(25)17-12(2)21-20-22-15-9-4-5-10-16(15)23(20)18(17)13-7-6-8-14(24)11-13/h4-11,18,24H,3H2,1-2H3,(H,21,22). The van der Waals surface area contributed by atoms with Gasteiger partial charge in [-0.2, -0.15) is 0 Å². The molecule has 6 nitrogen and oxygen atoms in total. The maximum atomic E-state index is 12.7. The third kappa shape index (κ3) is 2.50. The molecule has 0 bridgehead atoms. The maximum Gasteiger partial charge on any atom is 0.338 e. The number of esters is 1. The minimum atomic E-state index is -0.440. The van der Waals surface area contributed by atoms with Gasteiger partial charge in [0.15, 0.2) is 0 Å². The summed E-state index contributed by atoms with van der Waals surface area (Å²) < 4.78 is 7.28. The second kappa shape index (κ2) is 6.22. The van der Waals surface area contributed by atoms with Crippen molar-refractivity contribution in [2.75, 3.05) is 11.9 Å². The van der Waals surface area contributed by atoms with Crippen molar-refractivity contribution in [3.8, 4) is 5.75 Å². The molecule has 0 aliphatic carbocycles. The molecule has 0 saturated carbocycles. The van der Waals surface area contributed by atoms with E-state index in [1.54, 1.807) is 25.1 Å². The number of nitrogens with one attached hydrogen (secondary N) is 1.